The summed E-state index contributed by atoms with van der Waals surface area (Å²) >= 11 is 6.29. The summed E-state index contributed by atoms with van der Waals surface area (Å²) in [5.41, 5.74) is 10.6. The van der Waals surface area contributed by atoms with E-state index in [4.69, 9.17) is 17.3 Å². The van der Waals surface area contributed by atoms with E-state index < -0.39 is 0 Å². The van der Waals surface area contributed by atoms with E-state index in [0.717, 1.165) is 22.6 Å². The molecule has 0 fully saturated rings. The molecule has 0 aliphatic rings. The van der Waals surface area contributed by atoms with Crippen LogP contribution in [0.4, 0.5) is 0 Å². The highest BCUT2D eigenvalue weighted by molar-refractivity contribution is 6.31. The van der Waals surface area contributed by atoms with Crippen LogP contribution in [0.5, 0.6) is 0 Å². The Morgan fingerprint density at radius 1 is 0.950 bits per heavy atom. The fourth-order valence-electron chi connectivity index (χ4n) is 2.38. The second-order valence-electron chi connectivity index (χ2n) is 5.82. The normalized spacial score (nSPS) is 12.7. The van der Waals surface area contributed by atoms with E-state index in [0.29, 0.717) is 5.92 Å². The predicted octanol–water partition coefficient (Wildman–Crippen LogP) is 5.23. The maximum absolute atomic E-state index is 6.29. The lowest BCUT2D eigenvalue weighted by Gasteiger charge is -2.11. The fourth-order valence-corrected chi connectivity index (χ4v) is 2.73. The molecule has 2 N–H and O–H groups in total. The third kappa shape index (κ3) is 3.62. The molecule has 0 amide bonds. The van der Waals surface area contributed by atoms with Crippen molar-refractivity contribution in [1.29, 1.82) is 0 Å². The molecule has 0 spiro atoms. The monoisotopic (exact) mass is 287 g/mol. The van der Waals surface area contributed by atoms with Crippen molar-refractivity contribution < 1.29 is 0 Å². The van der Waals surface area contributed by atoms with Crippen molar-refractivity contribution in [2.75, 3.05) is 0 Å². The lowest BCUT2D eigenvalue weighted by molar-refractivity contribution is 0.647. The number of rotatable bonds is 4. The van der Waals surface area contributed by atoms with Crippen molar-refractivity contribution in [2.24, 2.45) is 11.7 Å². The van der Waals surface area contributed by atoms with E-state index in [9.17, 15) is 0 Å². The molecule has 1 atom stereocenters. The summed E-state index contributed by atoms with van der Waals surface area (Å²) in [6.45, 7) is 6.42. The SMILES string of the molecule is CC(C)Cc1ccc(-c2ccc(C(C)N)c(Cl)c2)cc1. The van der Waals surface area contributed by atoms with Crippen molar-refractivity contribution in [2.45, 2.75) is 33.2 Å². The van der Waals surface area contributed by atoms with Crippen LogP contribution in [0, 0.1) is 5.92 Å². The molecule has 1 nitrogen and oxygen atoms in total. The molecule has 0 aliphatic heterocycles. The van der Waals surface area contributed by atoms with Gasteiger partial charge in [0.2, 0.25) is 0 Å². The largest absolute Gasteiger partial charge is 0.324 e. The minimum Gasteiger partial charge on any atom is -0.324 e. The number of benzene rings is 2. The molecular formula is C18H22ClN. The lowest BCUT2D eigenvalue weighted by Crippen LogP contribution is -2.05. The Hall–Kier alpha value is -1.31. The van der Waals surface area contributed by atoms with Gasteiger partial charge in [0.25, 0.3) is 0 Å². The Kier molecular flexibility index (Phi) is 4.85. The van der Waals surface area contributed by atoms with Gasteiger partial charge in [-0.1, -0.05) is 61.8 Å². The van der Waals surface area contributed by atoms with Crippen LogP contribution in [-0.4, -0.2) is 0 Å². The highest BCUT2D eigenvalue weighted by Crippen LogP contribution is 2.28. The van der Waals surface area contributed by atoms with Crippen LogP contribution in [0.25, 0.3) is 11.1 Å². The molecule has 0 radical (unpaired) electrons. The van der Waals surface area contributed by atoms with Gasteiger partial charge in [-0.3, -0.25) is 0 Å². The molecule has 106 valence electrons. The van der Waals surface area contributed by atoms with Crippen LogP contribution in [-0.2, 0) is 6.42 Å². The highest BCUT2D eigenvalue weighted by Gasteiger charge is 2.07. The molecule has 0 aliphatic carbocycles. The zero-order valence-electron chi connectivity index (χ0n) is 12.4. The minimum atomic E-state index is -0.0371. The third-order valence-electron chi connectivity index (χ3n) is 3.42. The second kappa shape index (κ2) is 6.43. The van der Waals surface area contributed by atoms with Gasteiger partial charge < -0.3 is 5.73 Å². The van der Waals surface area contributed by atoms with Crippen molar-refractivity contribution in [3.8, 4) is 11.1 Å². The zero-order valence-corrected chi connectivity index (χ0v) is 13.1. The van der Waals surface area contributed by atoms with Gasteiger partial charge in [-0.2, -0.15) is 0 Å². The van der Waals surface area contributed by atoms with Crippen molar-refractivity contribution in [1.82, 2.24) is 0 Å². The third-order valence-corrected chi connectivity index (χ3v) is 3.75. The molecule has 0 aromatic heterocycles. The quantitative estimate of drug-likeness (QED) is 0.819. The Balaban J connectivity index is 2.25. The predicted molar refractivity (Wildman–Crippen MR) is 88.0 cm³/mol. The van der Waals surface area contributed by atoms with Gasteiger partial charge in [-0.05, 0) is 47.6 Å². The molecule has 0 bridgehead atoms. The number of halogens is 1. The van der Waals surface area contributed by atoms with Crippen LogP contribution < -0.4 is 5.73 Å². The molecular weight excluding hydrogens is 266 g/mol. The van der Waals surface area contributed by atoms with Gasteiger partial charge in [-0.25, -0.2) is 0 Å². The van der Waals surface area contributed by atoms with E-state index in [1.165, 1.54) is 11.1 Å². The number of hydrogen-bond acceptors (Lipinski definition) is 1. The fraction of sp³-hybridized carbons (Fsp3) is 0.333. The molecule has 2 heteroatoms. The highest BCUT2D eigenvalue weighted by atomic mass is 35.5. The van der Waals surface area contributed by atoms with Gasteiger partial charge >= 0.3 is 0 Å². The van der Waals surface area contributed by atoms with Gasteiger partial charge in [0.15, 0.2) is 0 Å². The average Bonchev–Trinajstić information content (AvgIpc) is 2.38. The molecule has 2 aromatic rings. The first kappa shape index (κ1) is 15.1. The Morgan fingerprint density at radius 2 is 1.55 bits per heavy atom. The van der Waals surface area contributed by atoms with E-state index >= 15 is 0 Å². The Morgan fingerprint density at radius 3 is 2.05 bits per heavy atom. The summed E-state index contributed by atoms with van der Waals surface area (Å²) in [5, 5.41) is 0.740. The van der Waals surface area contributed by atoms with Crippen molar-refractivity contribution in [3.63, 3.8) is 0 Å². The molecule has 20 heavy (non-hydrogen) atoms. The van der Waals surface area contributed by atoms with E-state index in [-0.39, 0.29) is 6.04 Å². The molecule has 1 unspecified atom stereocenters. The zero-order chi connectivity index (χ0) is 14.7. The number of hydrogen-bond donors (Lipinski definition) is 1. The summed E-state index contributed by atoms with van der Waals surface area (Å²) in [6, 6.07) is 14.8. The Labute approximate surface area is 126 Å². The first-order valence-corrected chi connectivity index (χ1v) is 7.49. The van der Waals surface area contributed by atoms with Gasteiger partial charge in [0.05, 0.1) is 0 Å². The maximum atomic E-state index is 6.29. The van der Waals surface area contributed by atoms with Crippen molar-refractivity contribution >= 4 is 11.6 Å². The van der Waals surface area contributed by atoms with E-state index in [1.54, 1.807) is 0 Å². The van der Waals surface area contributed by atoms with Crippen LogP contribution in [0.1, 0.15) is 37.9 Å². The first-order valence-electron chi connectivity index (χ1n) is 7.11. The van der Waals surface area contributed by atoms with Crippen LogP contribution >= 0.6 is 11.6 Å². The molecule has 0 saturated carbocycles. The van der Waals surface area contributed by atoms with Crippen LogP contribution in [0.15, 0.2) is 42.5 Å². The summed E-state index contributed by atoms with van der Waals surface area (Å²) in [6.07, 6.45) is 1.12. The van der Waals surface area contributed by atoms with Gasteiger partial charge in [0.1, 0.15) is 0 Å². The summed E-state index contributed by atoms with van der Waals surface area (Å²) < 4.78 is 0. The van der Waals surface area contributed by atoms with Crippen LogP contribution in [0.3, 0.4) is 0 Å². The molecule has 0 heterocycles. The minimum absolute atomic E-state index is 0.0371. The van der Waals surface area contributed by atoms with E-state index in [1.807, 2.05) is 19.1 Å². The average molecular weight is 288 g/mol. The smallest absolute Gasteiger partial charge is 0.0459 e. The molecule has 2 rings (SSSR count). The molecule has 2 aromatic carbocycles. The molecule has 0 saturated heterocycles. The standard InChI is InChI=1S/C18H22ClN/c1-12(2)10-14-4-6-15(7-5-14)16-8-9-17(13(3)20)18(19)11-16/h4-9,11-13H,10,20H2,1-3H3. The topological polar surface area (TPSA) is 26.0 Å². The van der Waals surface area contributed by atoms with Crippen LogP contribution in [0.2, 0.25) is 5.02 Å². The number of nitrogens with two attached hydrogens (primary N) is 1. The summed E-state index contributed by atoms with van der Waals surface area (Å²) in [5.74, 6) is 0.681. The second-order valence-corrected chi connectivity index (χ2v) is 6.23. The Bertz CT molecular complexity index is 570. The van der Waals surface area contributed by atoms with Crippen molar-refractivity contribution in [3.05, 3.63) is 58.6 Å². The van der Waals surface area contributed by atoms with Gasteiger partial charge in [-0.15, -0.1) is 0 Å². The summed E-state index contributed by atoms with van der Waals surface area (Å²) in [7, 11) is 0. The summed E-state index contributed by atoms with van der Waals surface area (Å²) in [4.78, 5) is 0. The lowest BCUT2D eigenvalue weighted by atomic mass is 9.98. The maximum Gasteiger partial charge on any atom is 0.0459 e. The van der Waals surface area contributed by atoms with E-state index in [2.05, 4.69) is 44.2 Å². The first-order chi connectivity index (χ1) is 9.47. The van der Waals surface area contributed by atoms with Gasteiger partial charge in [0, 0.05) is 11.1 Å².